The molecule has 0 saturated heterocycles. The van der Waals surface area contributed by atoms with Crippen LogP contribution in [-0.4, -0.2) is 20.8 Å². The van der Waals surface area contributed by atoms with Crippen LogP contribution in [0.15, 0.2) is 6.20 Å². The van der Waals surface area contributed by atoms with E-state index in [9.17, 15) is 5.11 Å². The molecule has 0 bridgehead atoms. The van der Waals surface area contributed by atoms with Gasteiger partial charge in [0, 0.05) is 19.2 Å². The van der Waals surface area contributed by atoms with Crippen LogP contribution < -0.4 is 0 Å². The third-order valence-electron chi connectivity index (χ3n) is 2.75. The van der Waals surface area contributed by atoms with E-state index in [1.165, 1.54) is 0 Å². The van der Waals surface area contributed by atoms with E-state index in [0.29, 0.717) is 5.92 Å². The minimum atomic E-state index is -0.153. The average Bonchev–Trinajstić information content (AvgIpc) is 2.29. The zero-order valence-corrected chi connectivity index (χ0v) is 7.49. The molecule has 1 heterocycles. The van der Waals surface area contributed by atoms with Gasteiger partial charge >= 0.3 is 0 Å². The van der Waals surface area contributed by atoms with Crippen molar-refractivity contribution in [3.05, 3.63) is 17.7 Å². The molecular weight excluding hydrogens is 152 g/mol. The standard InChI is InChI=1S/C9H14N2O/c1-6-10-8(5-11(6)2)7-3-4-9(7)12/h5,7,9,12H,3-4H2,1-2H3. The lowest BCUT2D eigenvalue weighted by molar-refractivity contribution is 0.0644. The van der Waals surface area contributed by atoms with Crippen molar-refractivity contribution < 1.29 is 5.11 Å². The summed E-state index contributed by atoms with van der Waals surface area (Å²) < 4.78 is 2.00. The van der Waals surface area contributed by atoms with E-state index in [0.717, 1.165) is 24.4 Å². The Morgan fingerprint density at radius 2 is 2.33 bits per heavy atom. The molecule has 0 amide bonds. The van der Waals surface area contributed by atoms with E-state index in [1.807, 2.05) is 24.7 Å². The Hall–Kier alpha value is -0.830. The van der Waals surface area contributed by atoms with Crippen LogP contribution in [-0.2, 0) is 7.05 Å². The lowest BCUT2D eigenvalue weighted by atomic mass is 9.80. The summed E-state index contributed by atoms with van der Waals surface area (Å²) >= 11 is 0. The van der Waals surface area contributed by atoms with Crippen LogP contribution in [0.25, 0.3) is 0 Å². The van der Waals surface area contributed by atoms with Gasteiger partial charge in [-0.3, -0.25) is 0 Å². The molecule has 2 rings (SSSR count). The smallest absolute Gasteiger partial charge is 0.105 e. The highest BCUT2D eigenvalue weighted by atomic mass is 16.3. The Labute approximate surface area is 72.0 Å². The van der Waals surface area contributed by atoms with Crippen molar-refractivity contribution in [2.45, 2.75) is 31.8 Å². The summed E-state index contributed by atoms with van der Waals surface area (Å²) in [5.74, 6) is 1.31. The van der Waals surface area contributed by atoms with Gasteiger partial charge in [-0.05, 0) is 19.8 Å². The Kier molecular flexibility index (Phi) is 1.68. The predicted molar refractivity (Wildman–Crippen MR) is 45.9 cm³/mol. The molecule has 1 aromatic heterocycles. The maximum Gasteiger partial charge on any atom is 0.105 e. The van der Waals surface area contributed by atoms with Crippen LogP contribution in [0.3, 0.4) is 0 Å². The number of aryl methyl sites for hydroxylation is 2. The highest BCUT2D eigenvalue weighted by Gasteiger charge is 2.32. The highest BCUT2D eigenvalue weighted by molar-refractivity contribution is 5.14. The minimum absolute atomic E-state index is 0.153. The fourth-order valence-electron chi connectivity index (χ4n) is 1.59. The second-order valence-electron chi connectivity index (χ2n) is 3.58. The Morgan fingerprint density at radius 1 is 1.58 bits per heavy atom. The molecule has 66 valence electrons. The van der Waals surface area contributed by atoms with Gasteiger partial charge in [-0.2, -0.15) is 0 Å². The van der Waals surface area contributed by atoms with Crippen molar-refractivity contribution in [1.82, 2.24) is 9.55 Å². The van der Waals surface area contributed by atoms with E-state index >= 15 is 0 Å². The largest absolute Gasteiger partial charge is 0.392 e. The van der Waals surface area contributed by atoms with E-state index in [-0.39, 0.29) is 6.10 Å². The number of hydrogen-bond donors (Lipinski definition) is 1. The van der Waals surface area contributed by atoms with Crippen molar-refractivity contribution >= 4 is 0 Å². The molecule has 0 aromatic carbocycles. The lowest BCUT2D eigenvalue weighted by Crippen LogP contribution is -2.29. The number of imidazole rings is 1. The summed E-state index contributed by atoms with van der Waals surface area (Å²) in [6.07, 6.45) is 3.87. The zero-order valence-electron chi connectivity index (χ0n) is 7.49. The second kappa shape index (κ2) is 2.59. The number of rotatable bonds is 1. The molecule has 1 N–H and O–H groups in total. The molecule has 3 heteroatoms. The lowest BCUT2D eigenvalue weighted by Gasteiger charge is -2.30. The van der Waals surface area contributed by atoms with Crippen molar-refractivity contribution in [3.63, 3.8) is 0 Å². The fourth-order valence-corrected chi connectivity index (χ4v) is 1.59. The SMILES string of the molecule is Cc1nc(C2CCC2O)cn1C. The molecule has 2 atom stereocenters. The zero-order chi connectivity index (χ0) is 8.72. The summed E-state index contributed by atoms with van der Waals surface area (Å²) in [6, 6.07) is 0. The van der Waals surface area contributed by atoms with Gasteiger partial charge in [0.15, 0.2) is 0 Å². The van der Waals surface area contributed by atoms with E-state index in [4.69, 9.17) is 0 Å². The first kappa shape index (κ1) is 7.80. The van der Waals surface area contributed by atoms with Crippen molar-refractivity contribution in [2.75, 3.05) is 0 Å². The van der Waals surface area contributed by atoms with Gasteiger partial charge in [0.1, 0.15) is 5.82 Å². The summed E-state index contributed by atoms with van der Waals surface area (Å²) in [7, 11) is 1.98. The predicted octanol–water partition coefficient (Wildman–Crippen LogP) is 0.967. The van der Waals surface area contributed by atoms with Gasteiger partial charge < -0.3 is 9.67 Å². The molecule has 2 unspecified atom stereocenters. The summed E-state index contributed by atoms with van der Waals surface area (Å²) in [6.45, 7) is 1.98. The van der Waals surface area contributed by atoms with Crippen molar-refractivity contribution in [2.24, 2.45) is 7.05 Å². The Balaban J connectivity index is 2.23. The van der Waals surface area contributed by atoms with Crippen molar-refractivity contribution in [1.29, 1.82) is 0 Å². The number of aliphatic hydroxyl groups is 1. The van der Waals surface area contributed by atoms with Gasteiger partial charge in [0.2, 0.25) is 0 Å². The summed E-state index contributed by atoms with van der Waals surface area (Å²) in [5.41, 5.74) is 1.05. The van der Waals surface area contributed by atoms with E-state index in [2.05, 4.69) is 4.98 Å². The quantitative estimate of drug-likeness (QED) is 0.675. The van der Waals surface area contributed by atoms with Crippen LogP contribution in [0.4, 0.5) is 0 Å². The Morgan fingerprint density at radius 3 is 2.67 bits per heavy atom. The second-order valence-corrected chi connectivity index (χ2v) is 3.58. The minimum Gasteiger partial charge on any atom is -0.392 e. The number of aromatic nitrogens is 2. The first-order chi connectivity index (χ1) is 5.68. The van der Waals surface area contributed by atoms with E-state index in [1.54, 1.807) is 0 Å². The number of nitrogens with zero attached hydrogens (tertiary/aromatic N) is 2. The molecule has 0 radical (unpaired) electrons. The Bertz CT molecular complexity index is 273. The topological polar surface area (TPSA) is 38.1 Å². The molecule has 1 saturated carbocycles. The number of aliphatic hydroxyl groups excluding tert-OH is 1. The van der Waals surface area contributed by atoms with Gasteiger partial charge in [-0.25, -0.2) is 4.98 Å². The third kappa shape index (κ3) is 1.05. The molecule has 12 heavy (non-hydrogen) atoms. The summed E-state index contributed by atoms with van der Waals surface area (Å²) in [4.78, 5) is 4.39. The molecule has 0 aliphatic heterocycles. The first-order valence-electron chi connectivity index (χ1n) is 4.36. The average molecular weight is 166 g/mol. The van der Waals surface area contributed by atoms with Gasteiger partial charge in [0.25, 0.3) is 0 Å². The molecule has 0 spiro atoms. The monoisotopic (exact) mass is 166 g/mol. The normalized spacial score (nSPS) is 28.6. The van der Waals surface area contributed by atoms with Crippen LogP contribution in [0.5, 0.6) is 0 Å². The maximum absolute atomic E-state index is 9.41. The molecule has 1 fully saturated rings. The van der Waals surface area contributed by atoms with Crippen LogP contribution in [0.2, 0.25) is 0 Å². The van der Waals surface area contributed by atoms with Gasteiger partial charge in [0.05, 0.1) is 11.8 Å². The van der Waals surface area contributed by atoms with E-state index < -0.39 is 0 Å². The first-order valence-corrected chi connectivity index (χ1v) is 4.36. The highest BCUT2D eigenvalue weighted by Crippen LogP contribution is 2.35. The fraction of sp³-hybridized carbons (Fsp3) is 0.667. The molecule has 1 aliphatic carbocycles. The molecule has 1 aliphatic rings. The van der Waals surface area contributed by atoms with Crippen LogP contribution in [0.1, 0.15) is 30.3 Å². The van der Waals surface area contributed by atoms with Crippen LogP contribution >= 0.6 is 0 Å². The van der Waals surface area contributed by atoms with Crippen molar-refractivity contribution in [3.8, 4) is 0 Å². The maximum atomic E-state index is 9.41. The third-order valence-corrected chi connectivity index (χ3v) is 2.75. The number of hydrogen-bond acceptors (Lipinski definition) is 2. The molecule has 1 aromatic rings. The van der Waals surface area contributed by atoms with Gasteiger partial charge in [-0.1, -0.05) is 0 Å². The van der Waals surface area contributed by atoms with Gasteiger partial charge in [-0.15, -0.1) is 0 Å². The summed E-state index contributed by atoms with van der Waals surface area (Å²) in [5, 5.41) is 9.41. The molecular formula is C9H14N2O. The van der Waals surface area contributed by atoms with Crippen LogP contribution in [0, 0.1) is 6.92 Å². The molecule has 3 nitrogen and oxygen atoms in total.